The molecule has 11 aromatic rings. The predicted molar refractivity (Wildman–Crippen MR) is 485 cm³/mol. The van der Waals surface area contributed by atoms with E-state index in [1.165, 1.54) is 18.9 Å². The van der Waals surface area contributed by atoms with E-state index in [2.05, 4.69) is 76.3 Å². The molecule has 34 nitrogen and oxygen atoms in total. The number of anilines is 9. The maximum Gasteiger partial charge on any atom is 0.228 e. The summed E-state index contributed by atoms with van der Waals surface area (Å²) in [4.78, 5) is 78.0. The third-order valence-electron chi connectivity index (χ3n) is 19.4. The number of ether oxygens (including phenoxy) is 11. The second kappa shape index (κ2) is 48.9. The van der Waals surface area contributed by atoms with Crippen LogP contribution in [0.15, 0.2) is 200 Å². The number of nitrogen functional groups attached to an aromatic ring is 1. The van der Waals surface area contributed by atoms with Crippen LogP contribution in [0.3, 0.4) is 0 Å². The Morgan fingerprint density at radius 3 is 1.20 bits per heavy atom. The molecule has 127 heavy (non-hydrogen) atoms. The van der Waals surface area contributed by atoms with Crippen molar-refractivity contribution in [2.45, 2.75) is 37.2 Å². The number of nitrogens with two attached hydrogens (primary N) is 1. The average molecular weight is 1890 g/mol. The van der Waals surface area contributed by atoms with E-state index in [-0.39, 0.29) is 47.1 Å². The number of carbonyl (C=O) groups is 1. The van der Waals surface area contributed by atoms with Gasteiger partial charge in [0, 0.05) is 159 Å². The Labute approximate surface area is 757 Å². The number of alkyl halides is 3. The number of aromatic amines is 1. The van der Waals surface area contributed by atoms with Crippen LogP contribution in [0.1, 0.15) is 58.8 Å². The number of aldehydes is 1. The maximum absolute atomic E-state index is 12.8. The zero-order chi connectivity index (χ0) is 88.4. The summed E-state index contributed by atoms with van der Waals surface area (Å²) < 4.78 is 132. The minimum atomic E-state index is -5.89. The number of hydrogen-bond acceptors (Lipinski definition) is 33. The van der Waals surface area contributed by atoms with Crippen LogP contribution in [-0.2, 0) is 62.2 Å². The Morgan fingerprint density at radius 2 is 0.835 bits per heavy atom. The molecule has 8 fully saturated rings. The SMILES string of the molecule is C1CCOC1.Nc1cccnc1.O=Cc1cccc(-c2cc(Nc3cccnc3)nc(N3CCOCC3)n2)c1.O=S(=O)(Oc1cc(-c2cccc(C3OCCO3)c2)nc(N2CCOCC2)n1)C(F)(F)F.O=c1cc(-c2cccc(C3OCCO3)c2)nc(N2CCOCC2)[nH]1.[2H][IH][B].[AlH2].c1cncc(Nc2cc(-c3cccc(C4OCCO4)c3)nc(N3CCOCC3)n2)c1. The van der Waals surface area contributed by atoms with Crippen molar-refractivity contribution in [2.75, 3.05) is 194 Å². The van der Waals surface area contributed by atoms with Gasteiger partial charge >= 0.3 is 44.1 Å². The van der Waals surface area contributed by atoms with E-state index < -0.39 is 50.0 Å². The summed E-state index contributed by atoms with van der Waals surface area (Å²) in [5.41, 5.74) is 15.5. The van der Waals surface area contributed by atoms with Crippen LogP contribution >= 0.6 is 22.2 Å². The van der Waals surface area contributed by atoms with Crippen molar-refractivity contribution in [2.24, 2.45) is 0 Å². The van der Waals surface area contributed by atoms with Crippen LogP contribution in [0.4, 0.5) is 65.7 Å². The Bertz CT molecular complexity index is 5440. The summed E-state index contributed by atoms with van der Waals surface area (Å²) in [7, 11) is -5.89. The minimum absolute atomic E-state index is 0. The van der Waals surface area contributed by atoms with Crippen LogP contribution in [0.2, 0.25) is 0 Å². The van der Waals surface area contributed by atoms with E-state index in [0.717, 1.165) is 115 Å². The molecular formula is C86H97AlBF3IN18O16S. The van der Waals surface area contributed by atoms with Gasteiger partial charge in [0.05, 0.1) is 145 Å². The van der Waals surface area contributed by atoms with Gasteiger partial charge in [-0.15, -0.1) is 0 Å². The quantitative estimate of drug-likeness (QED) is 0.0204. The van der Waals surface area contributed by atoms with Crippen molar-refractivity contribution in [1.29, 1.82) is 0.594 Å². The largest absolute Gasteiger partial charge is 0.378 e. The molecule has 0 bridgehead atoms. The van der Waals surface area contributed by atoms with Crippen molar-refractivity contribution < 1.29 is 82.7 Å². The Balaban J connectivity index is 0.000000146. The second-order valence-corrected chi connectivity index (χ2v) is 29.8. The molecule has 0 saturated carbocycles. The van der Waals surface area contributed by atoms with Crippen LogP contribution in [0, 0.1) is 0 Å². The van der Waals surface area contributed by atoms with Crippen molar-refractivity contribution in [3.63, 3.8) is 0 Å². The molecule has 0 unspecified atom stereocenters. The molecule has 8 aliphatic heterocycles. The normalized spacial score (nSPS) is 16.7. The van der Waals surface area contributed by atoms with Gasteiger partial charge < -0.3 is 92.3 Å². The monoisotopic (exact) mass is 1890 g/mol. The van der Waals surface area contributed by atoms with Crippen LogP contribution < -0.4 is 45.7 Å². The molecule has 4 aromatic carbocycles. The molecule has 0 amide bonds. The number of aromatic nitrogens is 11. The Hall–Kier alpha value is -10.9. The van der Waals surface area contributed by atoms with E-state index in [4.69, 9.17) is 73.4 Å². The topological polar surface area (TPSA) is 387 Å². The second-order valence-electron chi connectivity index (χ2n) is 28.3. The molecule has 3 radical (unpaired) electrons. The summed E-state index contributed by atoms with van der Waals surface area (Å²) in [6.07, 6.45) is 12.4. The van der Waals surface area contributed by atoms with Gasteiger partial charge in [-0.3, -0.25) is 29.5 Å². The maximum atomic E-state index is 12.8. The number of benzene rings is 4. The summed E-state index contributed by atoms with van der Waals surface area (Å²) >= 11 is -0.780. The Morgan fingerprint density at radius 1 is 0.465 bits per heavy atom. The predicted octanol–water partition coefficient (Wildman–Crippen LogP) is 10.2. The molecule has 5 N–H and O–H groups in total. The van der Waals surface area contributed by atoms with E-state index >= 15 is 0 Å². The number of nitrogens with one attached hydrogen (secondary N) is 3. The van der Waals surface area contributed by atoms with Gasteiger partial charge in [0.1, 0.15) is 35.3 Å². The first kappa shape index (κ1) is 93.8. The molecule has 0 spiro atoms. The van der Waals surface area contributed by atoms with Crippen LogP contribution in [0.25, 0.3) is 45.0 Å². The fourth-order valence-corrected chi connectivity index (χ4v) is 13.7. The van der Waals surface area contributed by atoms with Crippen LogP contribution in [-0.4, -0.2) is 257 Å². The number of morpholine rings is 4. The first-order valence-electron chi connectivity index (χ1n) is 41.0. The van der Waals surface area contributed by atoms with E-state index in [1.807, 2.05) is 102 Å². The molecule has 0 aliphatic carbocycles. The van der Waals surface area contributed by atoms with Gasteiger partial charge in [0.15, 0.2) is 18.9 Å². The van der Waals surface area contributed by atoms with Crippen molar-refractivity contribution in [3.8, 4) is 50.9 Å². The van der Waals surface area contributed by atoms with Crippen molar-refractivity contribution >= 4 is 114 Å². The molecule has 667 valence electrons. The molecule has 8 saturated heterocycles. The number of hydrogen-bond donors (Lipinski definition) is 4. The molecular weight excluding hydrogens is 1790 g/mol. The van der Waals surface area contributed by atoms with Crippen molar-refractivity contribution in [3.05, 3.63) is 228 Å². The first-order valence-corrected chi connectivity index (χ1v) is 43.3. The molecule has 19 rings (SSSR count). The van der Waals surface area contributed by atoms with Gasteiger partial charge in [-0.25, -0.2) is 19.9 Å². The number of rotatable bonds is 18. The number of carbonyl (C=O) groups excluding carboxylic acids is 1. The van der Waals surface area contributed by atoms with Gasteiger partial charge in [-0.1, -0.05) is 72.8 Å². The molecule has 8 aliphatic rings. The van der Waals surface area contributed by atoms with Gasteiger partial charge in [-0.2, -0.15) is 36.5 Å². The third-order valence-corrected chi connectivity index (χ3v) is 20.4. The van der Waals surface area contributed by atoms with E-state index in [0.29, 0.717) is 163 Å². The standard InChI is InChI=1S/C22H23N5O3.C20H19N5O2.C18H18F3N3O6S.C17H19N3O4.C5H6N2.C4H8O.Al.BH2I.2H/c1-3-16(13-17(4-1)21-29-11-12-30-21)19-14-20(24-18-5-2-6-23-15-18)26-22(25-19)27-7-9-28-10-8-27;26-14-15-3-1-4-16(11-15)18-12-19(22-17-5-2-6-21-13-17)24-20(23-18)25-7-9-27-10-8-25;19-18(20,21)31(25,26)30-15-11-14(22-17(23-15)24-4-6-27-7-5-24)12-2-1-3-13(10-12)16-28-8-9-29-16;21-15-11-14(18-17(19-15)20-4-6-22-7-5-20)12-2-1-3-13(10-12)16-23-8-9-24-16;6-5-2-1-3-7-4-5;1-2-4-5-3-1;;1-2;;/h1-6,13-15,21H,7-12H2,(H,24,25,26);1-6,11-14H,7-10H2,(H,22,23,24);1-3,10-11,16H,4-9H2;1-3,10-11,16H,4-9H2,(H,18,19,21);1-4H,6H2;1-4H2;;2H2;;/i;;;;;;;2D;;. The smallest absolute Gasteiger partial charge is 0.228 e. The summed E-state index contributed by atoms with van der Waals surface area (Å²) in [6, 6.07) is 47.7. The number of halogens is 4. The third kappa shape index (κ3) is 28.6. The van der Waals surface area contributed by atoms with E-state index in [9.17, 15) is 31.2 Å². The zero-order valence-electron chi connectivity index (χ0n) is 70.6. The summed E-state index contributed by atoms with van der Waals surface area (Å²) in [6.45, 7) is 15.2. The first-order chi connectivity index (χ1) is 62.0. The van der Waals surface area contributed by atoms with Gasteiger partial charge in [-0.05, 0) is 73.5 Å². The number of pyridine rings is 3. The molecule has 41 heteroatoms. The summed E-state index contributed by atoms with van der Waals surface area (Å²) in [5.74, 6) is 2.59. The van der Waals surface area contributed by atoms with E-state index in [1.54, 1.807) is 84.5 Å². The molecule has 0 atom stereocenters. The summed E-state index contributed by atoms with van der Waals surface area (Å²) in [5, 5.41) is 6.62. The zero-order valence-corrected chi connectivity index (χ0v) is 74.7. The van der Waals surface area contributed by atoms with Gasteiger partial charge in [0.2, 0.25) is 29.7 Å². The Kier molecular flexibility index (Phi) is 36.1. The minimum Gasteiger partial charge on any atom is -0.378 e. The molecule has 15 heterocycles. The molecule has 7 aromatic heterocycles. The van der Waals surface area contributed by atoms with Crippen LogP contribution in [0.5, 0.6) is 5.88 Å². The fraction of sp³-hybridized carbons (Fsp3) is 0.349. The number of H-pyrrole nitrogens is 1. The average Bonchev–Trinajstić information content (AvgIpc) is 0.814. The fourth-order valence-electron chi connectivity index (χ4n) is 13.3. The number of nitrogens with zero attached hydrogens (tertiary/aromatic N) is 14. The van der Waals surface area contributed by atoms with Crippen molar-refractivity contribution in [1.82, 2.24) is 54.8 Å². The van der Waals surface area contributed by atoms with Gasteiger partial charge in [0.25, 0.3) is 5.56 Å².